The van der Waals surface area contributed by atoms with Crippen molar-refractivity contribution in [3.8, 4) is 0 Å². The second kappa shape index (κ2) is 8.24. The van der Waals surface area contributed by atoms with E-state index < -0.39 is 10.0 Å². The summed E-state index contributed by atoms with van der Waals surface area (Å²) in [5.74, 6) is -0.0771. The lowest BCUT2D eigenvalue weighted by atomic mass is 10.3. The Labute approximate surface area is 147 Å². The Kier molecular flexibility index (Phi) is 6.31. The van der Waals surface area contributed by atoms with Gasteiger partial charge in [0.25, 0.3) is 0 Å². The van der Waals surface area contributed by atoms with E-state index in [0.29, 0.717) is 21.7 Å². The van der Waals surface area contributed by atoms with E-state index in [9.17, 15) is 13.2 Å². The van der Waals surface area contributed by atoms with Crippen LogP contribution >= 0.6 is 23.1 Å². The maximum Gasteiger partial charge on any atom is 0.238 e. The molecule has 24 heavy (non-hydrogen) atoms. The highest BCUT2D eigenvalue weighted by molar-refractivity contribution is 8.01. The number of thioether (sulfide) groups is 1. The minimum absolute atomic E-state index is 0.0108. The van der Waals surface area contributed by atoms with Crippen molar-refractivity contribution in [2.24, 2.45) is 5.14 Å². The minimum atomic E-state index is -3.74. The molecule has 0 aliphatic heterocycles. The molecule has 0 spiro atoms. The lowest BCUT2D eigenvalue weighted by molar-refractivity contribution is -0.113. The average molecular weight is 385 g/mol. The molecule has 1 heterocycles. The molecular formula is C13H15N5O3S3. The van der Waals surface area contributed by atoms with Gasteiger partial charge in [-0.05, 0) is 24.3 Å². The molecule has 11 heteroatoms. The van der Waals surface area contributed by atoms with Crippen molar-refractivity contribution in [1.82, 2.24) is 10.2 Å². The van der Waals surface area contributed by atoms with Crippen molar-refractivity contribution < 1.29 is 13.2 Å². The highest BCUT2D eigenvalue weighted by Crippen LogP contribution is 2.25. The van der Waals surface area contributed by atoms with Crippen LogP contribution in [0.15, 0.2) is 46.2 Å². The van der Waals surface area contributed by atoms with Gasteiger partial charge in [-0.1, -0.05) is 29.2 Å². The Morgan fingerprint density at radius 3 is 2.67 bits per heavy atom. The number of sulfonamides is 1. The smallest absolute Gasteiger partial charge is 0.238 e. The Balaban J connectivity index is 1.85. The maximum atomic E-state index is 11.9. The zero-order valence-electron chi connectivity index (χ0n) is 12.4. The first-order valence-electron chi connectivity index (χ1n) is 6.62. The summed E-state index contributed by atoms with van der Waals surface area (Å²) in [7, 11) is -3.74. The van der Waals surface area contributed by atoms with Gasteiger partial charge in [0.2, 0.25) is 21.1 Å². The normalized spacial score (nSPS) is 11.0. The van der Waals surface area contributed by atoms with Gasteiger partial charge in [0.1, 0.15) is 0 Å². The number of benzene rings is 1. The van der Waals surface area contributed by atoms with E-state index in [0.717, 1.165) is 0 Å². The second-order valence-corrected chi connectivity index (χ2v) is 8.21. The molecule has 0 radical (unpaired) electrons. The number of nitrogens with one attached hydrogen (secondary N) is 2. The van der Waals surface area contributed by atoms with Crippen LogP contribution in [0.25, 0.3) is 0 Å². The Hall–Kier alpha value is -1.95. The standard InChI is InChI=1S/C13H15N5O3S3/c1-2-7-15-12-17-18-13(23-12)22-8-11(19)16-9-3-5-10(6-4-9)24(14,20)21/h2-6H,1,7-8H2,(H,15,17)(H,16,19)(H2,14,20,21). The van der Waals surface area contributed by atoms with Crippen molar-refractivity contribution in [3.63, 3.8) is 0 Å². The quantitative estimate of drug-likeness (QED) is 0.464. The number of anilines is 2. The maximum absolute atomic E-state index is 11.9. The summed E-state index contributed by atoms with van der Waals surface area (Å²) in [6.07, 6.45) is 1.71. The predicted octanol–water partition coefficient (Wildman–Crippen LogP) is 1.51. The van der Waals surface area contributed by atoms with Crippen LogP contribution < -0.4 is 15.8 Å². The molecule has 1 amide bonds. The highest BCUT2D eigenvalue weighted by atomic mass is 32.2. The molecule has 128 valence electrons. The van der Waals surface area contributed by atoms with E-state index in [-0.39, 0.29) is 16.6 Å². The number of nitrogens with zero attached hydrogens (tertiary/aromatic N) is 2. The molecule has 8 nitrogen and oxygen atoms in total. The number of aromatic nitrogens is 2. The zero-order chi connectivity index (χ0) is 17.6. The number of primary sulfonamides is 1. The number of carbonyl (C=O) groups is 1. The summed E-state index contributed by atoms with van der Waals surface area (Å²) in [4.78, 5) is 11.9. The summed E-state index contributed by atoms with van der Waals surface area (Å²) in [6.45, 7) is 4.19. The van der Waals surface area contributed by atoms with Gasteiger partial charge < -0.3 is 10.6 Å². The Bertz CT molecular complexity index is 818. The van der Waals surface area contributed by atoms with Gasteiger partial charge in [0.05, 0.1) is 10.6 Å². The minimum Gasteiger partial charge on any atom is -0.357 e. The Morgan fingerprint density at radius 1 is 1.33 bits per heavy atom. The molecule has 2 rings (SSSR count). The molecule has 2 aromatic rings. The van der Waals surface area contributed by atoms with E-state index in [1.165, 1.54) is 47.4 Å². The lowest BCUT2D eigenvalue weighted by Crippen LogP contribution is -2.15. The molecule has 0 aliphatic rings. The van der Waals surface area contributed by atoms with Gasteiger partial charge >= 0.3 is 0 Å². The topological polar surface area (TPSA) is 127 Å². The van der Waals surface area contributed by atoms with Crippen LogP contribution in [0.3, 0.4) is 0 Å². The SMILES string of the molecule is C=CCNc1nnc(SCC(=O)Nc2ccc(S(N)(=O)=O)cc2)s1. The van der Waals surface area contributed by atoms with Gasteiger partial charge in [-0.3, -0.25) is 4.79 Å². The molecule has 1 aromatic heterocycles. The third-order valence-electron chi connectivity index (χ3n) is 2.60. The zero-order valence-corrected chi connectivity index (χ0v) is 14.9. The molecule has 4 N–H and O–H groups in total. The highest BCUT2D eigenvalue weighted by Gasteiger charge is 2.10. The molecule has 0 bridgehead atoms. The van der Waals surface area contributed by atoms with Gasteiger partial charge in [0.15, 0.2) is 4.34 Å². The summed E-state index contributed by atoms with van der Waals surface area (Å²) in [6, 6.07) is 5.62. The first-order chi connectivity index (χ1) is 11.4. The van der Waals surface area contributed by atoms with Crippen LogP contribution in [0, 0.1) is 0 Å². The second-order valence-electron chi connectivity index (χ2n) is 4.45. The summed E-state index contributed by atoms with van der Waals surface area (Å²) in [5, 5.41) is 19.3. The molecule has 0 unspecified atom stereocenters. The Morgan fingerprint density at radius 2 is 2.04 bits per heavy atom. The van der Waals surface area contributed by atoms with Crippen LogP contribution in [0.5, 0.6) is 0 Å². The number of hydrogen-bond acceptors (Lipinski definition) is 8. The third kappa shape index (κ3) is 5.60. The lowest BCUT2D eigenvalue weighted by Gasteiger charge is -2.05. The first-order valence-corrected chi connectivity index (χ1v) is 9.97. The monoisotopic (exact) mass is 385 g/mol. The summed E-state index contributed by atoms with van der Waals surface area (Å²) in [5.41, 5.74) is 0.485. The number of nitrogens with two attached hydrogens (primary N) is 1. The number of hydrogen-bond donors (Lipinski definition) is 3. The van der Waals surface area contributed by atoms with Crippen LogP contribution in [0.1, 0.15) is 0 Å². The third-order valence-corrected chi connectivity index (χ3v) is 5.54. The number of amides is 1. The molecular weight excluding hydrogens is 370 g/mol. The van der Waals surface area contributed by atoms with Crippen molar-refractivity contribution in [2.75, 3.05) is 22.9 Å². The van der Waals surface area contributed by atoms with E-state index in [2.05, 4.69) is 27.4 Å². The predicted molar refractivity (Wildman–Crippen MR) is 95.8 cm³/mol. The van der Waals surface area contributed by atoms with E-state index in [1.54, 1.807) is 6.08 Å². The first kappa shape index (κ1) is 18.4. The molecule has 0 saturated carbocycles. The molecule has 0 atom stereocenters. The van der Waals surface area contributed by atoms with Crippen molar-refractivity contribution in [1.29, 1.82) is 0 Å². The number of rotatable bonds is 8. The molecule has 0 fully saturated rings. The largest absolute Gasteiger partial charge is 0.357 e. The van der Waals surface area contributed by atoms with E-state index in [1.807, 2.05) is 0 Å². The van der Waals surface area contributed by atoms with Crippen molar-refractivity contribution in [2.45, 2.75) is 9.24 Å². The fraction of sp³-hybridized carbons (Fsp3) is 0.154. The van der Waals surface area contributed by atoms with Gasteiger partial charge in [0, 0.05) is 12.2 Å². The summed E-state index contributed by atoms with van der Waals surface area (Å²) >= 11 is 2.61. The van der Waals surface area contributed by atoms with Crippen LogP contribution in [-0.4, -0.2) is 36.8 Å². The van der Waals surface area contributed by atoms with Crippen LogP contribution in [0.2, 0.25) is 0 Å². The van der Waals surface area contributed by atoms with Crippen LogP contribution in [0.4, 0.5) is 10.8 Å². The van der Waals surface area contributed by atoms with Crippen molar-refractivity contribution >= 4 is 49.8 Å². The van der Waals surface area contributed by atoms with Crippen LogP contribution in [-0.2, 0) is 14.8 Å². The number of carbonyl (C=O) groups excluding carboxylic acids is 1. The van der Waals surface area contributed by atoms with E-state index in [4.69, 9.17) is 5.14 Å². The van der Waals surface area contributed by atoms with Crippen molar-refractivity contribution in [3.05, 3.63) is 36.9 Å². The molecule has 0 saturated heterocycles. The fourth-order valence-electron chi connectivity index (χ4n) is 1.55. The van der Waals surface area contributed by atoms with E-state index >= 15 is 0 Å². The molecule has 1 aromatic carbocycles. The summed E-state index contributed by atoms with van der Waals surface area (Å²) < 4.78 is 23.0. The van der Waals surface area contributed by atoms with Gasteiger partial charge in [-0.15, -0.1) is 16.8 Å². The van der Waals surface area contributed by atoms with Gasteiger partial charge in [-0.25, -0.2) is 13.6 Å². The average Bonchev–Trinajstić information content (AvgIpc) is 2.98. The fourth-order valence-corrected chi connectivity index (χ4v) is 3.63. The molecule has 0 aliphatic carbocycles. The van der Waals surface area contributed by atoms with Gasteiger partial charge in [-0.2, -0.15) is 0 Å².